The van der Waals surface area contributed by atoms with Crippen LogP contribution in [0.15, 0.2) is 10.8 Å². The maximum atomic E-state index is 9.16. The summed E-state index contributed by atoms with van der Waals surface area (Å²) in [6.45, 7) is 1.67. The first-order valence-electron chi connectivity index (χ1n) is 3.66. The van der Waals surface area contributed by atoms with Crippen molar-refractivity contribution in [2.45, 2.75) is 6.54 Å². The average molecular weight is 234 g/mol. The molecular formula is C7H12BrN3O. The van der Waals surface area contributed by atoms with Gasteiger partial charge in [0, 0.05) is 6.54 Å². The lowest BCUT2D eigenvalue weighted by atomic mass is 10.6. The number of hydrogen-bond acceptors (Lipinski definition) is 3. The number of aromatic hydroxyl groups is 1. The van der Waals surface area contributed by atoms with Gasteiger partial charge in [-0.15, -0.1) is 0 Å². The van der Waals surface area contributed by atoms with Crippen molar-refractivity contribution in [1.82, 2.24) is 14.7 Å². The van der Waals surface area contributed by atoms with Crippen molar-refractivity contribution in [2.24, 2.45) is 0 Å². The zero-order valence-corrected chi connectivity index (χ0v) is 8.74. The van der Waals surface area contributed by atoms with E-state index in [1.165, 1.54) is 6.20 Å². The molecule has 68 valence electrons. The van der Waals surface area contributed by atoms with Gasteiger partial charge in [-0.1, -0.05) is 0 Å². The lowest BCUT2D eigenvalue weighted by molar-refractivity contribution is 0.370. The molecule has 0 unspecified atom stereocenters. The van der Waals surface area contributed by atoms with E-state index in [2.05, 4.69) is 25.9 Å². The fraction of sp³-hybridized carbons (Fsp3) is 0.571. The van der Waals surface area contributed by atoms with E-state index in [9.17, 15) is 0 Å². The van der Waals surface area contributed by atoms with Crippen LogP contribution in [0.4, 0.5) is 0 Å². The smallest absolute Gasteiger partial charge is 0.168 e. The maximum Gasteiger partial charge on any atom is 0.168 e. The van der Waals surface area contributed by atoms with Gasteiger partial charge in [0.2, 0.25) is 0 Å². The second-order valence-corrected chi connectivity index (χ2v) is 3.60. The van der Waals surface area contributed by atoms with Gasteiger partial charge in [-0.25, -0.2) is 0 Å². The van der Waals surface area contributed by atoms with Gasteiger partial charge in [-0.2, -0.15) is 5.10 Å². The Kier molecular flexibility index (Phi) is 3.11. The van der Waals surface area contributed by atoms with Crippen LogP contribution in [-0.4, -0.2) is 40.4 Å². The van der Waals surface area contributed by atoms with Crippen molar-refractivity contribution in [1.29, 1.82) is 0 Å². The van der Waals surface area contributed by atoms with Gasteiger partial charge in [0.25, 0.3) is 0 Å². The van der Waals surface area contributed by atoms with E-state index in [1.807, 2.05) is 14.1 Å². The Balaban J connectivity index is 2.58. The molecule has 0 aromatic carbocycles. The summed E-state index contributed by atoms with van der Waals surface area (Å²) in [4.78, 5) is 2.06. The normalized spacial score (nSPS) is 11.0. The van der Waals surface area contributed by atoms with E-state index in [1.54, 1.807) is 4.68 Å². The van der Waals surface area contributed by atoms with Crippen molar-refractivity contribution in [3.8, 4) is 5.75 Å². The Morgan fingerprint density at radius 3 is 2.75 bits per heavy atom. The molecule has 1 aromatic heterocycles. The first-order chi connectivity index (χ1) is 5.61. The molecule has 0 radical (unpaired) electrons. The highest BCUT2D eigenvalue weighted by molar-refractivity contribution is 9.10. The fourth-order valence-electron chi connectivity index (χ4n) is 0.811. The Labute approximate surface area is 79.9 Å². The van der Waals surface area contributed by atoms with Crippen LogP contribution < -0.4 is 0 Å². The molecular weight excluding hydrogens is 222 g/mol. The molecule has 0 fully saturated rings. The van der Waals surface area contributed by atoms with Gasteiger partial charge >= 0.3 is 0 Å². The van der Waals surface area contributed by atoms with E-state index in [0.29, 0.717) is 4.60 Å². The minimum atomic E-state index is 0.189. The van der Waals surface area contributed by atoms with Crippen molar-refractivity contribution in [3.63, 3.8) is 0 Å². The number of hydrogen-bond donors (Lipinski definition) is 1. The Morgan fingerprint density at radius 1 is 1.67 bits per heavy atom. The highest BCUT2D eigenvalue weighted by atomic mass is 79.9. The van der Waals surface area contributed by atoms with Crippen LogP contribution >= 0.6 is 15.9 Å². The van der Waals surface area contributed by atoms with Crippen LogP contribution in [0.5, 0.6) is 5.75 Å². The lowest BCUT2D eigenvalue weighted by Gasteiger charge is -2.09. The SMILES string of the molecule is CN(C)CCn1ncc(O)c1Br. The van der Waals surface area contributed by atoms with E-state index < -0.39 is 0 Å². The summed E-state index contributed by atoms with van der Waals surface area (Å²) in [6.07, 6.45) is 1.43. The highest BCUT2D eigenvalue weighted by Crippen LogP contribution is 2.21. The predicted octanol–water partition coefficient (Wildman–Crippen LogP) is 0.913. The largest absolute Gasteiger partial charge is 0.504 e. The second-order valence-electron chi connectivity index (χ2n) is 2.85. The van der Waals surface area contributed by atoms with Crippen molar-refractivity contribution in [3.05, 3.63) is 10.8 Å². The van der Waals surface area contributed by atoms with E-state index >= 15 is 0 Å². The molecule has 0 saturated heterocycles. The highest BCUT2D eigenvalue weighted by Gasteiger charge is 2.05. The topological polar surface area (TPSA) is 41.3 Å². The molecule has 1 heterocycles. The van der Waals surface area contributed by atoms with Crippen LogP contribution in [0.3, 0.4) is 0 Å². The number of rotatable bonds is 3. The quantitative estimate of drug-likeness (QED) is 0.845. The van der Waals surface area contributed by atoms with Crippen molar-refractivity contribution >= 4 is 15.9 Å². The van der Waals surface area contributed by atoms with Crippen LogP contribution in [0.2, 0.25) is 0 Å². The molecule has 1 aromatic rings. The monoisotopic (exact) mass is 233 g/mol. The number of nitrogens with zero attached hydrogens (tertiary/aromatic N) is 3. The third kappa shape index (κ3) is 2.22. The third-order valence-corrected chi connectivity index (χ3v) is 2.33. The molecule has 0 aliphatic rings. The minimum Gasteiger partial charge on any atom is -0.504 e. The summed E-state index contributed by atoms with van der Waals surface area (Å²) < 4.78 is 2.36. The molecule has 12 heavy (non-hydrogen) atoms. The minimum absolute atomic E-state index is 0.189. The van der Waals surface area contributed by atoms with Gasteiger partial charge in [-0.05, 0) is 30.0 Å². The van der Waals surface area contributed by atoms with E-state index in [0.717, 1.165) is 13.1 Å². The number of aromatic nitrogens is 2. The third-order valence-electron chi connectivity index (χ3n) is 1.52. The molecule has 4 nitrogen and oxygen atoms in total. The maximum absolute atomic E-state index is 9.16. The number of halogens is 1. The van der Waals surface area contributed by atoms with Crippen LogP contribution in [0.25, 0.3) is 0 Å². The fourth-order valence-corrected chi connectivity index (χ4v) is 1.18. The van der Waals surface area contributed by atoms with E-state index in [4.69, 9.17) is 5.11 Å². The Morgan fingerprint density at radius 2 is 2.33 bits per heavy atom. The van der Waals surface area contributed by atoms with Gasteiger partial charge in [0.1, 0.15) is 4.60 Å². The van der Waals surface area contributed by atoms with Crippen LogP contribution in [0.1, 0.15) is 0 Å². The Bertz CT molecular complexity index is 259. The summed E-state index contributed by atoms with van der Waals surface area (Å²) in [5, 5.41) is 13.1. The first-order valence-corrected chi connectivity index (χ1v) is 4.45. The molecule has 0 amide bonds. The summed E-state index contributed by atoms with van der Waals surface area (Å²) in [5.74, 6) is 0.189. The molecule has 0 atom stereocenters. The summed E-state index contributed by atoms with van der Waals surface area (Å²) in [6, 6.07) is 0. The molecule has 0 aliphatic carbocycles. The first kappa shape index (κ1) is 9.54. The molecule has 0 aliphatic heterocycles. The standard InChI is InChI=1S/C7H12BrN3O/c1-10(2)3-4-11-7(8)6(12)5-9-11/h5,12H,3-4H2,1-2H3. The number of likely N-dealkylation sites (N-methyl/N-ethyl adjacent to an activating group) is 1. The van der Waals surface area contributed by atoms with Crippen LogP contribution in [-0.2, 0) is 6.54 Å². The predicted molar refractivity (Wildman–Crippen MR) is 50.1 cm³/mol. The molecule has 1 N–H and O–H groups in total. The molecule has 1 rings (SSSR count). The summed E-state index contributed by atoms with van der Waals surface area (Å²) in [7, 11) is 3.99. The van der Waals surface area contributed by atoms with Crippen LogP contribution in [0, 0.1) is 0 Å². The zero-order chi connectivity index (χ0) is 9.14. The summed E-state index contributed by atoms with van der Waals surface area (Å²) >= 11 is 3.23. The molecule has 0 saturated carbocycles. The lowest BCUT2D eigenvalue weighted by Crippen LogP contribution is -2.19. The van der Waals surface area contributed by atoms with Gasteiger partial charge in [-0.3, -0.25) is 4.68 Å². The van der Waals surface area contributed by atoms with Gasteiger partial charge in [0.15, 0.2) is 5.75 Å². The van der Waals surface area contributed by atoms with E-state index in [-0.39, 0.29) is 5.75 Å². The molecule has 5 heteroatoms. The molecule has 0 bridgehead atoms. The second kappa shape index (κ2) is 3.91. The van der Waals surface area contributed by atoms with Crippen molar-refractivity contribution in [2.75, 3.05) is 20.6 Å². The Hall–Kier alpha value is -0.550. The van der Waals surface area contributed by atoms with Gasteiger partial charge < -0.3 is 10.0 Å². The average Bonchev–Trinajstić information content (AvgIpc) is 2.30. The zero-order valence-electron chi connectivity index (χ0n) is 7.16. The summed E-state index contributed by atoms with van der Waals surface area (Å²) in [5.41, 5.74) is 0. The molecule has 0 spiro atoms. The van der Waals surface area contributed by atoms with Gasteiger partial charge in [0.05, 0.1) is 12.7 Å². The van der Waals surface area contributed by atoms with Crippen molar-refractivity contribution < 1.29 is 5.11 Å².